The van der Waals surface area contributed by atoms with Crippen molar-refractivity contribution in [3.05, 3.63) is 0 Å². The van der Waals surface area contributed by atoms with E-state index >= 15 is 0 Å². The molecule has 0 aromatic rings. The van der Waals surface area contributed by atoms with Gasteiger partial charge in [-0.1, -0.05) is 55.4 Å². The van der Waals surface area contributed by atoms with Gasteiger partial charge in [-0.25, -0.2) is 0 Å². The van der Waals surface area contributed by atoms with Crippen molar-refractivity contribution in [2.45, 2.75) is 112 Å². The maximum atomic E-state index is 12.6. The zero-order chi connectivity index (χ0) is 27.6. The molecule has 1 N–H and O–H groups in total. The van der Waals surface area contributed by atoms with Crippen LogP contribution in [-0.2, 0) is 42.9 Å². The molecule has 0 saturated carbocycles. The number of rotatable bonds is 13. The predicted molar refractivity (Wildman–Crippen MR) is 129 cm³/mol. The summed E-state index contributed by atoms with van der Waals surface area (Å²) in [7, 11) is 0. The highest BCUT2D eigenvalue weighted by Crippen LogP contribution is 2.29. The summed E-state index contributed by atoms with van der Waals surface area (Å²) in [5.74, 6) is -2.33. The fourth-order valence-corrected chi connectivity index (χ4v) is 3.60. The van der Waals surface area contributed by atoms with Gasteiger partial charge in [-0.2, -0.15) is 0 Å². The SMILES string of the molecule is CC(C)CC(=O)OC[C@H]1O[C@@H](O)[C@H](OC(=O)CC(C)C)[C@@H](OC(=O)CC(C)C)[C@H]1OC(=O)CC(C)C. The van der Waals surface area contributed by atoms with Crippen molar-refractivity contribution in [3.8, 4) is 0 Å². The lowest BCUT2D eigenvalue weighted by Crippen LogP contribution is -2.62. The number of esters is 4. The molecule has 1 aliphatic rings. The van der Waals surface area contributed by atoms with Gasteiger partial charge >= 0.3 is 23.9 Å². The minimum atomic E-state index is -1.70. The quantitative estimate of drug-likeness (QED) is 0.287. The first-order valence-corrected chi connectivity index (χ1v) is 12.8. The normalized spacial score (nSPS) is 24.2. The van der Waals surface area contributed by atoms with E-state index in [0.717, 1.165) is 0 Å². The third-order valence-electron chi connectivity index (χ3n) is 5.12. The second-order valence-electron chi connectivity index (χ2n) is 11.0. The first-order chi connectivity index (χ1) is 16.7. The second kappa shape index (κ2) is 15.1. The van der Waals surface area contributed by atoms with Gasteiger partial charge < -0.3 is 28.8 Å². The van der Waals surface area contributed by atoms with Crippen LogP contribution in [0.15, 0.2) is 0 Å². The fourth-order valence-electron chi connectivity index (χ4n) is 3.60. The van der Waals surface area contributed by atoms with Gasteiger partial charge in [0.15, 0.2) is 24.6 Å². The minimum absolute atomic E-state index is 0.0171. The summed E-state index contributed by atoms with van der Waals surface area (Å²) in [6, 6.07) is 0. The van der Waals surface area contributed by atoms with Crippen molar-refractivity contribution in [1.82, 2.24) is 0 Å². The summed E-state index contributed by atoms with van der Waals surface area (Å²) < 4.78 is 27.7. The molecule has 208 valence electrons. The lowest BCUT2D eigenvalue weighted by molar-refractivity contribution is -0.297. The van der Waals surface area contributed by atoms with Crippen molar-refractivity contribution in [2.75, 3.05) is 6.61 Å². The number of hydrogen-bond donors (Lipinski definition) is 1. The summed E-state index contributed by atoms with van der Waals surface area (Å²) in [6.45, 7) is 14.4. The van der Waals surface area contributed by atoms with Gasteiger partial charge in [0.05, 0.1) is 0 Å². The Bertz CT molecular complexity index is 730. The Hall–Kier alpha value is -2.20. The molecule has 1 rings (SSSR count). The average molecular weight is 517 g/mol. The van der Waals surface area contributed by atoms with E-state index < -0.39 is 54.6 Å². The number of aliphatic hydroxyl groups excluding tert-OH is 1. The molecule has 0 amide bonds. The van der Waals surface area contributed by atoms with Crippen LogP contribution < -0.4 is 0 Å². The summed E-state index contributed by atoms with van der Waals surface area (Å²) in [6.07, 6.45) is -6.58. The van der Waals surface area contributed by atoms with Gasteiger partial charge in [0, 0.05) is 25.7 Å². The Morgan fingerprint density at radius 3 is 1.39 bits per heavy atom. The summed E-state index contributed by atoms with van der Waals surface area (Å²) in [5.41, 5.74) is 0. The van der Waals surface area contributed by atoms with Crippen LogP contribution in [0.25, 0.3) is 0 Å². The van der Waals surface area contributed by atoms with E-state index in [2.05, 4.69) is 0 Å². The van der Waals surface area contributed by atoms with Crippen molar-refractivity contribution in [1.29, 1.82) is 0 Å². The summed E-state index contributed by atoms with van der Waals surface area (Å²) in [5, 5.41) is 10.7. The molecule has 0 aliphatic carbocycles. The number of hydrogen-bond acceptors (Lipinski definition) is 10. The highest BCUT2D eigenvalue weighted by Gasteiger charge is 2.52. The fraction of sp³-hybridized carbons (Fsp3) is 0.846. The van der Waals surface area contributed by atoms with Gasteiger partial charge in [0.1, 0.15) is 12.7 Å². The molecule has 1 fully saturated rings. The number of carbonyl (C=O) groups is 4. The zero-order valence-corrected chi connectivity index (χ0v) is 22.9. The molecule has 10 heteroatoms. The first-order valence-electron chi connectivity index (χ1n) is 12.8. The summed E-state index contributed by atoms with van der Waals surface area (Å²) >= 11 is 0. The lowest BCUT2D eigenvalue weighted by Gasteiger charge is -2.43. The van der Waals surface area contributed by atoms with Crippen molar-refractivity contribution in [3.63, 3.8) is 0 Å². The Balaban J connectivity index is 3.28. The van der Waals surface area contributed by atoms with Gasteiger partial charge in [-0.05, 0) is 23.7 Å². The third kappa shape index (κ3) is 11.7. The average Bonchev–Trinajstić information content (AvgIpc) is 2.69. The molecule has 5 atom stereocenters. The summed E-state index contributed by atoms with van der Waals surface area (Å²) in [4.78, 5) is 49.8. The smallest absolute Gasteiger partial charge is 0.306 e. The monoisotopic (exact) mass is 516 g/mol. The van der Waals surface area contributed by atoms with Crippen molar-refractivity contribution < 1.29 is 48.0 Å². The largest absolute Gasteiger partial charge is 0.463 e. The van der Waals surface area contributed by atoms with Crippen LogP contribution in [0.2, 0.25) is 0 Å². The molecular weight excluding hydrogens is 472 g/mol. The maximum Gasteiger partial charge on any atom is 0.306 e. The van der Waals surface area contributed by atoms with Gasteiger partial charge in [-0.15, -0.1) is 0 Å². The Kier molecular flexibility index (Phi) is 13.4. The Labute approximate surface area is 214 Å². The first kappa shape index (κ1) is 31.8. The van der Waals surface area contributed by atoms with E-state index in [1.807, 2.05) is 55.4 Å². The molecule has 0 aromatic heterocycles. The molecule has 0 bridgehead atoms. The Morgan fingerprint density at radius 1 is 0.611 bits per heavy atom. The lowest BCUT2D eigenvalue weighted by atomic mass is 9.97. The van der Waals surface area contributed by atoms with E-state index in [9.17, 15) is 24.3 Å². The van der Waals surface area contributed by atoms with Crippen molar-refractivity contribution >= 4 is 23.9 Å². The molecule has 0 aromatic carbocycles. The molecule has 36 heavy (non-hydrogen) atoms. The van der Waals surface area contributed by atoms with E-state index in [-0.39, 0.29) is 56.0 Å². The maximum absolute atomic E-state index is 12.6. The molecule has 0 unspecified atom stereocenters. The van der Waals surface area contributed by atoms with Gasteiger partial charge in [0.25, 0.3) is 0 Å². The standard InChI is InChI=1S/C26H44O10/c1-14(2)9-19(27)32-13-18-23(34-20(28)10-15(3)4)24(35-21(29)11-16(5)6)25(26(31)33-18)36-22(30)12-17(7)8/h14-18,23-26,31H,9-13H2,1-8H3/t18-,23+,24+,25-,26-/m1/s1. The van der Waals surface area contributed by atoms with Crippen LogP contribution in [-0.4, -0.2) is 66.3 Å². The molecule has 0 spiro atoms. The van der Waals surface area contributed by atoms with Crippen LogP contribution in [0.4, 0.5) is 0 Å². The third-order valence-corrected chi connectivity index (χ3v) is 5.12. The molecule has 10 nitrogen and oxygen atoms in total. The van der Waals surface area contributed by atoms with Crippen LogP contribution >= 0.6 is 0 Å². The molecule has 1 heterocycles. The van der Waals surface area contributed by atoms with Crippen LogP contribution in [0, 0.1) is 23.7 Å². The van der Waals surface area contributed by atoms with E-state index in [1.54, 1.807) is 0 Å². The van der Waals surface area contributed by atoms with Gasteiger partial charge in [0.2, 0.25) is 0 Å². The van der Waals surface area contributed by atoms with E-state index in [1.165, 1.54) is 0 Å². The van der Waals surface area contributed by atoms with E-state index in [4.69, 9.17) is 23.7 Å². The van der Waals surface area contributed by atoms with Crippen molar-refractivity contribution in [2.24, 2.45) is 23.7 Å². The van der Waals surface area contributed by atoms with Gasteiger partial charge in [-0.3, -0.25) is 19.2 Å². The molecule has 1 saturated heterocycles. The number of aliphatic hydroxyl groups is 1. The Morgan fingerprint density at radius 2 is 0.972 bits per heavy atom. The van der Waals surface area contributed by atoms with E-state index in [0.29, 0.717) is 0 Å². The van der Waals surface area contributed by atoms with Crippen LogP contribution in [0.3, 0.4) is 0 Å². The molecule has 0 radical (unpaired) electrons. The predicted octanol–water partition coefficient (Wildman–Crippen LogP) is 3.17. The minimum Gasteiger partial charge on any atom is -0.463 e. The highest BCUT2D eigenvalue weighted by molar-refractivity contribution is 5.72. The highest BCUT2D eigenvalue weighted by atomic mass is 16.7. The number of ether oxygens (including phenoxy) is 5. The second-order valence-corrected chi connectivity index (χ2v) is 11.0. The van der Waals surface area contributed by atoms with Crippen LogP contribution in [0.5, 0.6) is 0 Å². The molecule has 1 aliphatic heterocycles. The molecular formula is C26H44O10. The zero-order valence-electron chi connectivity index (χ0n) is 22.9. The number of carbonyl (C=O) groups excluding carboxylic acids is 4. The topological polar surface area (TPSA) is 135 Å². The van der Waals surface area contributed by atoms with Crippen LogP contribution in [0.1, 0.15) is 81.1 Å².